The van der Waals surface area contributed by atoms with Crippen molar-refractivity contribution in [2.24, 2.45) is 0 Å². The summed E-state index contributed by atoms with van der Waals surface area (Å²) < 4.78 is 43.1. The van der Waals surface area contributed by atoms with Crippen molar-refractivity contribution in [1.29, 1.82) is 0 Å². The number of halogens is 3. The molecule has 9 heteroatoms. The Bertz CT molecular complexity index is 601. The maximum absolute atomic E-state index is 12.6. The molecule has 0 aliphatic carbocycles. The standard InChI is InChI=1S/C15H18F3N3O3/c1-10(13(22)21-5-7-24-8-6-21)19-14(23)20-12-4-2-3-11(9-12)15(16,17)18/h2-4,9-10H,5-8H2,1H3,(H2,19,20,23)/t10-/m0/s1. The van der Waals surface area contributed by atoms with Crippen molar-refractivity contribution in [1.82, 2.24) is 10.2 Å². The predicted octanol–water partition coefficient (Wildman–Crippen LogP) is 2.07. The molecular formula is C15H18F3N3O3. The zero-order chi connectivity index (χ0) is 17.7. The highest BCUT2D eigenvalue weighted by Crippen LogP contribution is 2.30. The number of alkyl halides is 3. The van der Waals surface area contributed by atoms with Crippen LogP contribution >= 0.6 is 0 Å². The average molecular weight is 345 g/mol. The van der Waals surface area contributed by atoms with Crippen molar-refractivity contribution in [3.8, 4) is 0 Å². The molecular weight excluding hydrogens is 327 g/mol. The molecule has 1 saturated heterocycles. The van der Waals surface area contributed by atoms with E-state index >= 15 is 0 Å². The Labute approximate surface area is 137 Å². The minimum Gasteiger partial charge on any atom is -0.378 e. The first-order valence-corrected chi connectivity index (χ1v) is 7.38. The lowest BCUT2D eigenvalue weighted by molar-refractivity contribution is -0.137. The second-order valence-corrected chi connectivity index (χ2v) is 5.34. The zero-order valence-corrected chi connectivity index (χ0v) is 13.0. The molecule has 2 rings (SSSR count). The fraction of sp³-hybridized carbons (Fsp3) is 0.467. The van der Waals surface area contributed by atoms with Gasteiger partial charge in [-0.05, 0) is 25.1 Å². The van der Waals surface area contributed by atoms with E-state index in [1.165, 1.54) is 19.1 Å². The number of benzene rings is 1. The van der Waals surface area contributed by atoms with Gasteiger partial charge in [0, 0.05) is 18.8 Å². The number of nitrogens with zero attached hydrogens (tertiary/aromatic N) is 1. The lowest BCUT2D eigenvalue weighted by atomic mass is 10.2. The summed E-state index contributed by atoms with van der Waals surface area (Å²) in [5, 5.41) is 4.72. The molecule has 1 aliphatic rings. The van der Waals surface area contributed by atoms with Crippen molar-refractivity contribution in [3.05, 3.63) is 29.8 Å². The van der Waals surface area contributed by atoms with Crippen LogP contribution in [0.1, 0.15) is 12.5 Å². The molecule has 24 heavy (non-hydrogen) atoms. The number of anilines is 1. The molecule has 0 bridgehead atoms. The minimum absolute atomic E-state index is 0.00616. The SMILES string of the molecule is C[C@H](NC(=O)Nc1cccc(C(F)(F)F)c1)C(=O)N1CCOCC1. The summed E-state index contributed by atoms with van der Waals surface area (Å²) in [6, 6.07) is 2.73. The van der Waals surface area contributed by atoms with Crippen molar-refractivity contribution >= 4 is 17.6 Å². The molecule has 0 aromatic heterocycles. The highest BCUT2D eigenvalue weighted by molar-refractivity contribution is 5.93. The Hall–Kier alpha value is -2.29. The van der Waals surface area contributed by atoms with E-state index in [2.05, 4.69) is 10.6 Å². The van der Waals surface area contributed by atoms with Gasteiger partial charge in [-0.15, -0.1) is 0 Å². The third kappa shape index (κ3) is 4.85. The number of morpholine rings is 1. The molecule has 0 spiro atoms. The van der Waals surface area contributed by atoms with Gasteiger partial charge in [-0.2, -0.15) is 13.2 Å². The van der Waals surface area contributed by atoms with E-state index in [-0.39, 0.29) is 11.6 Å². The Morgan fingerprint density at radius 3 is 2.54 bits per heavy atom. The monoisotopic (exact) mass is 345 g/mol. The van der Waals surface area contributed by atoms with Crippen molar-refractivity contribution in [2.45, 2.75) is 19.1 Å². The number of carbonyl (C=O) groups excluding carboxylic acids is 2. The number of amides is 3. The first-order chi connectivity index (χ1) is 11.3. The summed E-state index contributed by atoms with van der Waals surface area (Å²) in [5.41, 5.74) is -0.869. The van der Waals surface area contributed by atoms with Crippen LogP contribution in [0.4, 0.5) is 23.7 Å². The van der Waals surface area contributed by atoms with E-state index in [1.807, 2.05) is 0 Å². The van der Waals surface area contributed by atoms with E-state index in [1.54, 1.807) is 4.90 Å². The average Bonchev–Trinajstić information content (AvgIpc) is 2.54. The topological polar surface area (TPSA) is 70.7 Å². The van der Waals surface area contributed by atoms with Crippen molar-refractivity contribution in [2.75, 3.05) is 31.6 Å². The smallest absolute Gasteiger partial charge is 0.378 e. The van der Waals surface area contributed by atoms with E-state index < -0.39 is 23.8 Å². The van der Waals surface area contributed by atoms with Gasteiger partial charge in [0.1, 0.15) is 6.04 Å². The number of rotatable bonds is 3. The summed E-state index contributed by atoms with van der Waals surface area (Å²) >= 11 is 0. The maximum Gasteiger partial charge on any atom is 0.416 e. The molecule has 1 heterocycles. The number of nitrogens with one attached hydrogen (secondary N) is 2. The summed E-state index contributed by atoms with van der Waals surface area (Å²) in [7, 11) is 0. The van der Waals surface area contributed by atoms with Crippen LogP contribution in [0, 0.1) is 0 Å². The normalized spacial score (nSPS) is 16.4. The van der Waals surface area contributed by atoms with E-state index in [9.17, 15) is 22.8 Å². The molecule has 6 nitrogen and oxygen atoms in total. The molecule has 3 amide bonds. The lowest BCUT2D eigenvalue weighted by Crippen LogP contribution is -2.51. The lowest BCUT2D eigenvalue weighted by Gasteiger charge is -2.29. The Kier molecular flexibility index (Phi) is 5.66. The fourth-order valence-corrected chi connectivity index (χ4v) is 2.26. The second-order valence-electron chi connectivity index (χ2n) is 5.34. The van der Waals surface area contributed by atoms with E-state index in [0.717, 1.165) is 12.1 Å². The van der Waals surface area contributed by atoms with Gasteiger partial charge in [0.2, 0.25) is 5.91 Å². The molecule has 1 aromatic carbocycles. The zero-order valence-electron chi connectivity index (χ0n) is 13.0. The number of hydrogen-bond donors (Lipinski definition) is 2. The van der Waals surface area contributed by atoms with Gasteiger partial charge in [-0.25, -0.2) is 4.79 Å². The molecule has 2 N–H and O–H groups in total. The summed E-state index contributed by atoms with van der Waals surface area (Å²) in [4.78, 5) is 25.6. The number of carbonyl (C=O) groups is 2. The van der Waals surface area contributed by atoms with Gasteiger partial charge in [0.25, 0.3) is 0 Å². The van der Waals surface area contributed by atoms with Crippen LogP contribution < -0.4 is 10.6 Å². The first kappa shape index (κ1) is 18.1. The van der Waals surface area contributed by atoms with E-state index in [4.69, 9.17) is 4.74 Å². The number of hydrogen-bond acceptors (Lipinski definition) is 3. The van der Waals surface area contributed by atoms with Crippen molar-refractivity contribution < 1.29 is 27.5 Å². The summed E-state index contributed by atoms with van der Waals surface area (Å²) in [6.07, 6.45) is -4.49. The van der Waals surface area contributed by atoms with Crippen LogP contribution in [-0.2, 0) is 15.7 Å². The highest BCUT2D eigenvalue weighted by atomic mass is 19.4. The van der Waals surface area contributed by atoms with Crippen LogP contribution in [0.3, 0.4) is 0 Å². The number of ether oxygens (including phenoxy) is 1. The molecule has 0 unspecified atom stereocenters. The highest BCUT2D eigenvalue weighted by Gasteiger charge is 2.30. The summed E-state index contributed by atoms with van der Waals surface area (Å²) in [6.45, 7) is 3.29. The van der Waals surface area contributed by atoms with Gasteiger partial charge in [-0.3, -0.25) is 4.79 Å². The third-order valence-corrected chi connectivity index (χ3v) is 3.49. The van der Waals surface area contributed by atoms with Crippen LogP contribution in [0.5, 0.6) is 0 Å². The van der Waals surface area contributed by atoms with Gasteiger partial charge < -0.3 is 20.3 Å². The Morgan fingerprint density at radius 1 is 1.25 bits per heavy atom. The Balaban J connectivity index is 1.91. The molecule has 1 aromatic rings. The third-order valence-electron chi connectivity index (χ3n) is 3.49. The largest absolute Gasteiger partial charge is 0.416 e. The van der Waals surface area contributed by atoms with Gasteiger partial charge in [-0.1, -0.05) is 6.07 Å². The van der Waals surface area contributed by atoms with Gasteiger partial charge >= 0.3 is 12.2 Å². The summed E-state index contributed by atoms with van der Waals surface area (Å²) in [5.74, 6) is -0.266. The molecule has 0 saturated carbocycles. The molecule has 1 fully saturated rings. The molecule has 132 valence electrons. The van der Waals surface area contributed by atoms with Crippen molar-refractivity contribution in [3.63, 3.8) is 0 Å². The van der Waals surface area contributed by atoms with E-state index in [0.29, 0.717) is 26.3 Å². The molecule has 0 radical (unpaired) electrons. The minimum atomic E-state index is -4.49. The van der Waals surface area contributed by atoms with Crippen LogP contribution in [-0.4, -0.2) is 49.2 Å². The molecule has 1 aliphatic heterocycles. The number of urea groups is 1. The molecule has 1 atom stereocenters. The first-order valence-electron chi connectivity index (χ1n) is 7.38. The fourth-order valence-electron chi connectivity index (χ4n) is 2.26. The quantitative estimate of drug-likeness (QED) is 0.881. The second kappa shape index (κ2) is 7.52. The van der Waals surface area contributed by atoms with Gasteiger partial charge in [0.15, 0.2) is 0 Å². The van der Waals surface area contributed by atoms with Crippen LogP contribution in [0.2, 0.25) is 0 Å². The Morgan fingerprint density at radius 2 is 1.92 bits per heavy atom. The van der Waals surface area contributed by atoms with Gasteiger partial charge in [0.05, 0.1) is 18.8 Å². The van der Waals surface area contributed by atoms with Crippen LogP contribution in [0.15, 0.2) is 24.3 Å². The van der Waals surface area contributed by atoms with Crippen LogP contribution in [0.25, 0.3) is 0 Å². The predicted molar refractivity (Wildman–Crippen MR) is 80.5 cm³/mol. The maximum atomic E-state index is 12.6.